The van der Waals surface area contributed by atoms with Crippen molar-refractivity contribution in [2.45, 2.75) is 26.3 Å². The normalized spacial score (nSPS) is 12.2. The van der Waals surface area contributed by atoms with Gasteiger partial charge in [0, 0.05) is 29.6 Å². The molecule has 1 amide bonds. The second-order valence-electron chi connectivity index (χ2n) is 8.10. The molecule has 3 rings (SSSR count). The minimum Gasteiger partial charge on any atom is -0.493 e. The van der Waals surface area contributed by atoms with Gasteiger partial charge in [-0.2, -0.15) is 0 Å². The van der Waals surface area contributed by atoms with Crippen LogP contribution in [-0.2, 0) is 20.7 Å². The number of methoxy groups -OCH3 is 2. The third kappa shape index (κ3) is 6.38. The molecule has 2 aromatic carbocycles. The van der Waals surface area contributed by atoms with Gasteiger partial charge in [0.25, 0.3) is 0 Å². The van der Waals surface area contributed by atoms with Gasteiger partial charge in [-0.1, -0.05) is 38.1 Å². The number of hydrogen-bond acceptors (Lipinski definition) is 5. The SMILES string of the molecule is COC(=O)[C@@H](Cc1c[nH]c2ccccc12)NC(=O)/C=C/c1ccc(OCC(C)C)c(OC)c1. The van der Waals surface area contributed by atoms with Crippen molar-refractivity contribution >= 4 is 28.9 Å². The lowest BCUT2D eigenvalue weighted by Crippen LogP contribution is -2.42. The molecule has 1 aromatic heterocycles. The van der Waals surface area contributed by atoms with E-state index < -0.39 is 17.9 Å². The quantitative estimate of drug-likeness (QED) is 0.358. The highest BCUT2D eigenvalue weighted by Crippen LogP contribution is 2.29. The summed E-state index contributed by atoms with van der Waals surface area (Å²) in [6.07, 6.45) is 5.20. The third-order valence-electron chi connectivity index (χ3n) is 5.09. The van der Waals surface area contributed by atoms with Gasteiger partial charge in [-0.25, -0.2) is 4.79 Å². The number of benzene rings is 2. The first kappa shape index (κ1) is 23.9. The van der Waals surface area contributed by atoms with Gasteiger partial charge in [0.05, 0.1) is 20.8 Å². The summed E-state index contributed by atoms with van der Waals surface area (Å²) in [5.41, 5.74) is 2.66. The number of hydrogen-bond donors (Lipinski definition) is 2. The topological polar surface area (TPSA) is 89.7 Å². The van der Waals surface area contributed by atoms with Gasteiger partial charge >= 0.3 is 5.97 Å². The number of amides is 1. The molecule has 0 fully saturated rings. The van der Waals surface area contributed by atoms with E-state index in [0.717, 1.165) is 22.0 Å². The number of aromatic nitrogens is 1. The fourth-order valence-corrected chi connectivity index (χ4v) is 3.41. The molecular weight excluding hydrogens is 420 g/mol. The van der Waals surface area contributed by atoms with Crippen LogP contribution in [0.15, 0.2) is 54.7 Å². The van der Waals surface area contributed by atoms with Crippen molar-refractivity contribution < 1.29 is 23.8 Å². The summed E-state index contributed by atoms with van der Waals surface area (Å²) in [4.78, 5) is 28.1. The first-order valence-corrected chi connectivity index (χ1v) is 10.8. The maximum atomic E-state index is 12.6. The molecule has 7 heteroatoms. The molecule has 0 saturated heterocycles. The number of aromatic amines is 1. The van der Waals surface area contributed by atoms with E-state index in [1.54, 1.807) is 19.3 Å². The molecule has 2 N–H and O–H groups in total. The predicted octanol–water partition coefficient (Wildman–Crippen LogP) is 4.13. The molecule has 1 heterocycles. The monoisotopic (exact) mass is 450 g/mol. The molecular formula is C26H30N2O5. The molecule has 0 aliphatic heterocycles. The Morgan fingerprint density at radius 3 is 2.61 bits per heavy atom. The Bertz CT molecular complexity index is 1130. The Labute approximate surface area is 193 Å². The first-order chi connectivity index (χ1) is 15.9. The van der Waals surface area contributed by atoms with Crippen molar-refractivity contribution in [3.63, 3.8) is 0 Å². The van der Waals surface area contributed by atoms with Crippen LogP contribution in [0.2, 0.25) is 0 Å². The molecule has 0 aliphatic rings. The van der Waals surface area contributed by atoms with E-state index >= 15 is 0 Å². The summed E-state index contributed by atoms with van der Waals surface area (Å²) >= 11 is 0. The lowest BCUT2D eigenvalue weighted by Gasteiger charge is -2.15. The van der Waals surface area contributed by atoms with Crippen LogP contribution in [0.4, 0.5) is 0 Å². The van der Waals surface area contributed by atoms with Crippen molar-refractivity contribution in [1.29, 1.82) is 0 Å². The van der Waals surface area contributed by atoms with E-state index in [1.807, 2.05) is 42.6 Å². The first-order valence-electron chi connectivity index (χ1n) is 10.8. The molecule has 3 aromatic rings. The molecule has 0 bridgehead atoms. The summed E-state index contributed by atoms with van der Waals surface area (Å²) in [5.74, 6) is 0.729. The van der Waals surface area contributed by atoms with Crippen LogP contribution < -0.4 is 14.8 Å². The summed E-state index contributed by atoms with van der Waals surface area (Å²) in [5, 5.41) is 3.75. The summed E-state index contributed by atoms with van der Waals surface area (Å²) in [6, 6.07) is 12.4. The van der Waals surface area contributed by atoms with E-state index in [9.17, 15) is 9.59 Å². The minimum atomic E-state index is -0.812. The van der Waals surface area contributed by atoms with E-state index in [0.29, 0.717) is 30.4 Å². The maximum Gasteiger partial charge on any atom is 0.328 e. The fourth-order valence-electron chi connectivity index (χ4n) is 3.41. The number of fused-ring (bicyclic) bond motifs is 1. The zero-order valence-electron chi connectivity index (χ0n) is 19.4. The van der Waals surface area contributed by atoms with Crippen molar-refractivity contribution in [2.75, 3.05) is 20.8 Å². The number of esters is 1. The minimum absolute atomic E-state index is 0.311. The third-order valence-corrected chi connectivity index (χ3v) is 5.09. The van der Waals surface area contributed by atoms with E-state index in [-0.39, 0.29) is 0 Å². The van der Waals surface area contributed by atoms with Gasteiger partial charge < -0.3 is 24.5 Å². The van der Waals surface area contributed by atoms with Crippen LogP contribution in [-0.4, -0.2) is 43.7 Å². The molecule has 0 spiro atoms. The number of H-pyrrole nitrogens is 1. The number of para-hydroxylation sites is 1. The van der Waals surface area contributed by atoms with Crippen molar-refractivity contribution in [3.8, 4) is 11.5 Å². The van der Waals surface area contributed by atoms with Gasteiger partial charge in [0.15, 0.2) is 11.5 Å². The summed E-state index contributed by atoms with van der Waals surface area (Å²) < 4.78 is 16.1. The van der Waals surface area contributed by atoms with Crippen LogP contribution in [0.3, 0.4) is 0 Å². The maximum absolute atomic E-state index is 12.6. The van der Waals surface area contributed by atoms with Crippen LogP contribution in [0.5, 0.6) is 11.5 Å². The molecule has 0 radical (unpaired) electrons. The number of nitrogens with one attached hydrogen (secondary N) is 2. The van der Waals surface area contributed by atoms with Gasteiger partial charge in [-0.3, -0.25) is 4.79 Å². The Hall–Kier alpha value is -3.74. The van der Waals surface area contributed by atoms with Gasteiger partial charge in [-0.05, 0) is 41.3 Å². The van der Waals surface area contributed by atoms with Crippen LogP contribution in [0, 0.1) is 5.92 Å². The molecule has 1 atom stereocenters. The van der Waals surface area contributed by atoms with Crippen LogP contribution >= 0.6 is 0 Å². The van der Waals surface area contributed by atoms with E-state index in [4.69, 9.17) is 14.2 Å². The van der Waals surface area contributed by atoms with Gasteiger partial charge in [-0.15, -0.1) is 0 Å². The Balaban J connectivity index is 1.69. The Morgan fingerprint density at radius 1 is 1.09 bits per heavy atom. The molecule has 174 valence electrons. The second kappa shape index (κ2) is 11.2. The largest absolute Gasteiger partial charge is 0.493 e. The summed E-state index contributed by atoms with van der Waals surface area (Å²) in [7, 11) is 2.88. The molecule has 0 unspecified atom stereocenters. The molecule has 33 heavy (non-hydrogen) atoms. The Morgan fingerprint density at radius 2 is 1.88 bits per heavy atom. The average Bonchev–Trinajstić information content (AvgIpc) is 3.23. The van der Waals surface area contributed by atoms with Crippen molar-refractivity contribution in [3.05, 3.63) is 65.9 Å². The van der Waals surface area contributed by atoms with Crippen LogP contribution in [0.25, 0.3) is 17.0 Å². The highest BCUT2D eigenvalue weighted by atomic mass is 16.5. The smallest absolute Gasteiger partial charge is 0.328 e. The van der Waals surface area contributed by atoms with Crippen molar-refractivity contribution in [1.82, 2.24) is 10.3 Å². The molecule has 7 nitrogen and oxygen atoms in total. The lowest BCUT2D eigenvalue weighted by atomic mass is 10.0. The highest BCUT2D eigenvalue weighted by molar-refractivity contribution is 5.95. The number of rotatable bonds is 10. The average molecular weight is 451 g/mol. The van der Waals surface area contributed by atoms with Gasteiger partial charge in [0.2, 0.25) is 5.91 Å². The zero-order chi connectivity index (χ0) is 23.8. The van der Waals surface area contributed by atoms with Gasteiger partial charge in [0.1, 0.15) is 6.04 Å². The number of ether oxygens (including phenoxy) is 3. The van der Waals surface area contributed by atoms with Crippen LogP contribution in [0.1, 0.15) is 25.0 Å². The second-order valence-corrected chi connectivity index (χ2v) is 8.10. The van der Waals surface area contributed by atoms with Crippen molar-refractivity contribution in [2.24, 2.45) is 5.92 Å². The molecule has 0 saturated carbocycles. The Kier molecular flexibility index (Phi) is 8.13. The fraction of sp³-hybridized carbons (Fsp3) is 0.308. The zero-order valence-corrected chi connectivity index (χ0v) is 19.4. The van der Waals surface area contributed by atoms with E-state index in [1.165, 1.54) is 13.2 Å². The highest BCUT2D eigenvalue weighted by Gasteiger charge is 2.22. The predicted molar refractivity (Wildman–Crippen MR) is 128 cm³/mol. The standard InChI is InChI=1S/C26H30N2O5/c1-17(2)16-33-23-11-9-18(13-24(23)31-3)10-12-25(29)28-22(26(30)32-4)14-19-15-27-21-8-6-5-7-20(19)21/h5-13,15,17,22,27H,14,16H2,1-4H3,(H,28,29)/b12-10+/t22-/m1/s1. The summed E-state index contributed by atoms with van der Waals surface area (Å²) in [6.45, 7) is 4.73. The molecule has 0 aliphatic carbocycles. The lowest BCUT2D eigenvalue weighted by molar-refractivity contribution is -0.144. The number of carbonyl (C=O) groups is 2. The van der Waals surface area contributed by atoms with E-state index in [2.05, 4.69) is 24.1 Å². The number of carbonyl (C=O) groups excluding carboxylic acids is 2.